The zero-order chi connectivity index (χ0) is 25.9. The molecule has 1 amide bonds. The molecule has 0 unspecified atom stereocenters. The largest absolute Gasteiger partial charge is 0.544 e. The smallest absolute Gasteiger partial charge is 0.283 e. The molecule has 2 aromatic rings. The van der Waals surface area contributed by atoms with E-state index in [1.807, 2.05) is 30.3 Å². The average Bonchev–Trinajstić information content (AvgIpc) is 2.65. The summed E-state index contributed by atoms with van der Waals surface area (Å²) in [6.45, 7) is 25.0. The summed E-state index contributed by atoms with van der Waals surface area (Å²) in [7, 11) is -2.09. The molecule has 188 valence electrons. The molecule has 3 nitrogen and oxygen atoms in total. The molecule has 0 aliphatic heterocycles. The summed E-state index contributed by atoms with van der Waals surface area (Å²) in [6.07, 6.45) is 0. The highest BCUT2D eigenvalue weighted by molar-refractivity contribution is 8.13. The van der Waals surface area contributed by atoms with Crippen molar-refractivity contribution in [3.63, 3.8) is 0 Å². The van der Waals surface area contributed by atoms with Crippen LogP contribution in [0.1, 0.15) is 79.0 Å². The maximum Gasteiger partial charge on any atom is 0.283 e. The third kappa shape index (κ3) is 8.19. The van der Waals surface area contributed by atoms with Crippen molar-refractivity contribution >= 4 is 31.0 Å². The highest BCUT2D eigenvalue weighted by Gasteiger charge is 2.34. The second-order valence-corrected chi connectivity index (χ2v) is 18.2. The molecule has 0 heterocycles. The number of carbonyl (C=O) groups is 1. The molecular weight excluding hydrogens is 454 g/mol. The van der Waals surface area contributed by atoms with E-state index in [1.165, 1.54) is 28.5 Å². The van der Waals surface area contributed by atoms with Crippen LogP contribution < -0.4 is 9.74 Å². The predicted molar refractivity (Wildman–Crippen MR) is 153 cm³/mol. The third-order valence-electron chi connectivity index (χ3n) is 5.91. The number of para-hydroxylation sites is 1. The van der Waals surface area contributed by atoms with Gasteiger partial charge in [0.15, 0.2) is 0 Å². The van der Waals surface area contributed by atoms with Gasteiger partial charge in [0.2, 0.25) is 8.32 Å². The van der Waals surface area contributed by atoms with Crippen LogP contribution in [-0.2, 0) is 16.2 Å². The summed E-state index contributed by atoms with van der Waals surface area (Å²) < 4.78 is 6.98. The van der Waals surface area contributed by atoms with Gasteiger partial charge in [0, 0.05) is 11.4 Å². The van der Waals surface area contributed by atoms with Crippen LogP contribution in [0.4, 0.5) is 10.5 Å². The van der Waals surface area contributed by atoms with Gasteiger partial charge < -0.3 is 9.74 Å². The van der Waals surface area contributed by atoms with Crippen molar-refractivity contribution in [3.05, 3.63) is 59.2 Å². The number of rotatable bonds is 6. The van der Waals surface area contributed by atoms with Crippen molar-refractivity contribution in [3.8, 4) is 5.75 Å². The van der Waals surface area contributed by atoms with Crippen molar-refractivity contribution in [2.24, 2.45) is 0 Å². The summed E-state index contributed by atoms with van der Waals surface area (Å²) in [5.74, 6) is 1.80. The van der Waals surface area contributed by atoms with Gasteiger partial charge in [0.25, 0.3) is 5.24 Å². The molecule has 0 saturated heterocycles. The lowest BCUT2D eigenvalue weighted by Gasteiger charge is -2.36. The first-order valence-electron chi connectivity index (χ1n) is 12.3. The number of amides is 1. The summed E-state index contributed by atoms with van der Waals surface area (Å²) in [5, 5.41) is 2.94. The molecule has 0 radical (unpaired) electrons. The average molecular weight is 500 g/mol. The van der Waals surface area contributed by atoms with Crippen LogP contribution in [0, 0.1) is 0 Å². The first-order valence-corrected chi connectivity index (χ1v) is 16.4. The van der Waals surface area contributed by atoms with Crippen molar-refractivity contribution in [2.45, 2.75) is 97.7 Å². The van der Waals surface area contributed by atoms with Gasteiger partial charge in [0.1, 0.15) is 5.75 Å². The van der Waals surface area contributed by atoms with Crippen LogP contribution >= 0.6 is 11.8 Å². The lowest BCUT2D eigenvalue weighted by Crippen LogP contribution is -2.37. The number of thioether (sulfide) groups is 1. The van der Waals surface area contributed by atoms with Gasteiger partial charge in [-0.2, -0.15) is 0 Å². The molecule has 2 rings (SSSR count). The maximum atomic E-state index is 12.4. The normalized spacial score (nSPS) is 13.0. The number of hydrogen-bond acceptors (Lipinski definition) is 3. The Morgan fingerprint density at radius 1 is 0.853 bits per heavy atom. The fraction of sp³-hybridized carbons (Fsp3) is 0.552. The van der Waals surface area contributed by atoms with E-state index in [0.29, 0.717) is 0 Å². The Hall–Kier alpha value is -1.72. The number of hydrogen-bond donors (Lipinski definition) is 1. The minimum atomic E-state index is -2.09. The van der Waals surface area contributed by atoms with Gasteiger partial charge in [-0.25, -0.2) is 0 Å². The van der Waals surface area contributed by atoms with Gasteiger partial charge in [-0.1, -0.05) is 104 Å². The molecule has 34 heavy (non-hydrogen) atoms. The summed E-state index contributed by atoms with van der Waals surface area (Å²) >= 11 is 1.34. The second-order valence-electron chi connectivity index (χ2n) is 12.9. The molecule has 0 atom stereocenters. The fourth-order valence-electron chi connectivity index (χ4n) is 3.68. The van der Waals surface area contributed by atoms with E-state index < -0.39 is 8.32 Å². The summed E-state index contributed by atoms with van der Waals surface area (Å²) in [6, 6.07) is 15.2. The highest BCUT2D eigenvalue weighted by atomic mass is 32.2. The number of anilines is 1. The summed E-state index contributed by atoms with van der Waals surface area (Å²) in [5.41, 5.74) is 4.73. The zero-order valence-electron chi connectivity index (χ0n) is 23.2. The molecule has 0 aliphatic carbocycles. The van der Waals surface area contributed by atoms with Gasteiger partial charge in [0.05, 0.1) is 0 Å². The Balaban J connectivity index is 2.28. The van der Waals surface area contributed by atoms with E-state index >= 15 is 0 Å². The molecule has 5 heteroatoms. The topological polar surface area (TPSA) is 38.3 Å². The molecule has 0 aliphatic rings. The Morgan fingerprint density at radius 3 is 1.79 bits per heavy atom. The third-order valence-corrected chi connectivity index (χ3v) is 9.25. The number of nitrogens with one attached hydrogen (secondary N) is 1. The van der Waals surface area contributed by atoms with Crippen molar-refractivity contribution in [1.82, 2.24) is 0 Å². The van der Waals surface area contributed by atoms with E-state index in [4.69, 9.17) is 4.43 Å². The minimum absolute atomic E-state index is 0.0173. The number of benzene rings is 2. The van der Waals surface area contributed by atoms with Crippen molar-refractivity contribution < 1.29 is 9.22 Å². The van der Waals surface area contributed by atoms with E-state index in [9.17, 15) is 4.79 Å². The molecule has 0 fully saturated rings. The van der Waals surface area contributed by atoms with Crippen LogP contribution in [0.5, 0.6) is 5.75 Å². The van der Waals surface area contributed by atoms with Crippen LogP contribution in [-0.4, -0.2) is 19.3 Å². The fourth-order valence-corrected chi connectivity index (χ4v) is 7.30. The first-order chi connectivity index (χ1) is 15.4. The second kappa shape index (κ2) is 10.5. The van der Waals surface area contributed by atoms with Gasteiger partial charge in [-0.05, 0) is 64.2 Å². The van der Waals surface area contributed by atoms with E-state index in [-0.39, 0.29) is 21.5 Å². The Labute approximate surface area is 213 Å². The minimum Gasteiger partial charge on any atom is -0.544 e. The highest BCUT2D eigenvalue weighted by Crippen LogP contribution is 2.44. The van der Waals surface area contributed by atoms with Gasteiger partial charge in [-0.15, -0.1) is 0 Å². The molecule has 2 aromatic carbocycles. The molecule has 0 aromatic heterocycles. The van der Waals surface area contributed by atoms with Crippen molar-refractivity contribution in [1.29, 1.82) is 0 Å². The summed E-state index contributed by atoms with van der Waals surface area (Å²) in [4.78, 5) is 12.4. The number of carbonyl (C=O) groups excluding carboxylic acids is 1. The van der Waals surface area contributed by atoms with Crippen LogP contribution in [0.15, 0.2) is 42.5 Å². The lowest BCUT2D eigenvalue weighted by atomic mass is 9.75. The Bertz CT molecular complexity index is 945. The Kier molecular flexibility index (Phi) is 8.80. The SMILES string of the molecule is CC(C)(C)c1cc(C(C)(C)C)c(O[Si](C)(C)CCSC(=O)Nc2ccccc2)c(C(C)(C)C)c1. The van der Waals surface area contributed by atoms with Gasteiger partial charge in [-0.3, -0.25) is 4.79 Å². The predicted octanol–water partition coefficient (Wildman–Crippen LogP) is 9.13. The van der Waals surface area contributed by atoms with E-state index in [0.717, 1.165) is 23.2 Å². The standard InChI is InChI=1S/C29H45NO2SSi/c1-27(2,3)21-19-23(28(4,5)6)25(24(20-21)29(7,8)9)32-34(10,11)18-17-33-26(31)30-22-15-13-12-14-16-22/h12-16,19-20H,17-18H2,1-11H3,(H,30,31). The van der Waals surface area contributed by atoms with E-state index in [1.54, 1.807) is 0 Å². The monoisotopic (exact) mass is 499 g/mol. The van der Waals surface area contributed by atoms with Crippen LogP contribution in [0.25, 0.3) is 0 Å². The van der Waals surface area contributed by atoms with Gasteiger partial charge >= 0.3 is 0 Å². The van der Waals surface area contributed by atoms with Crippen molar-refractivity contribution in [2.75, 3.05) is 11.1 Å². The quantitative estimate of drug-likeness (QED) is 0.403. The molecule has 0 saturated carbocycles. The Morgan fingerprint density at radius 2 is 1.35 bits per heavy atom. The zero-order valence-corrected chi connectivity index (χ0v) is 25.0. The lowest BCUT2D eigenvalue weighted by molar-refractivity contribution is 0.270. The van der Waals surface area contributed by atoms with Crippen LogP contribution in [0.3, 0.4) is 0 Å². The maximum absolute atomic E-state index is 12.4. The molecule has 0 spiro atoms. The van der Waals surface area contributed by atoms with Crippen LogP contribution in [0.2, 0.25) is 19.1 Å². The van der Waals surface area contributed by atoms with E-state index in [2.05, 4.69) is 92.9 Å². The molecule has 1 N–H and O–H groups in total. The molecular formula is C29H45NO2SSi. The molecule has 0 bridgehead atoms. The first kappa shape index (κ1) is 28.5.